The molecule has 0 spiro atoms. The number of hydrogen-bond acceptors (Lipinski definition) is 1. The number of rotatable bonds is 3. The predicted molar refractivity (Wildman–Crippen MR) is 85.3 cm³/mol. The van der Waals surface area contributed by atoms with Crippen LogP contribution in [0.25, 0.3) is 11.6 Å². The van der Waals surface area contributed by atoms with Crippen molar-refractivity contribution in [3.63, 3.8) is 0 Å². The zero-order chi connectivity index (χ0) is 13.7. The van der Waals surface area contributed by atoms with Crippen molar-refractivity contribution in [2.24, 2.45) is 4.99 Å². The largest absolute Gasteiger partial charge is 0.261 e. The molecule has 0 amide bonds. The number of hydrogen-bond donors (Lipinski definition) is 0. The zero-order valence-electron chi connectivity index (χ0n) is 11.6. The van der Waals surface area contributed by atoms with Crippen molar-refractivity contribution in [1.82, 2.24) is 0 Å². The van der Waals surface area contributed by atoms with E-state index in [-0.39, 0.29) is 0 Å². The highest BCUT2D eigenvalue weighted by molar-refractivity contribution is 6.04. The van der Waals surface area contributed by atoms with E-state index in [4.69, 9.17) is 0 Å². The van der Waals surface area contributed by atoms with E-state index in [1.807, 2.05) is 25.3 Å². The first-order valence-corrected chi connectivity index (χ1v) is 6.52. The molecule has 96 valence electrons. The van der Waals surface area contributed by atoms with Gasteiger partial charge in [0, 0.05) is 18.3 Å². The second-order valence-electron chi connectivity index (χ2n) is 4.67. The molecule has 0 saturated heterocycles. The van der Waals surface area contributed by atoms with Gasteiger partial charge in [0.15, 0.2) is 0 Å². The molecule has 0 heterocycles. The van der Waals surface area contributed by atoms with Gasteiger partial charge in [-0.15, -0.1) is 0 Å². The van der Waals surface area contributed by atoms with Crippen LogP contribution in [0.4, 0.5) is 0 Å². The van der Waals surface area contributed by atoms with Gasteiger partial charge in [-0.05, 0) is 48.3 Å². The summed E-state index contributed by atoms with van der Waals surface area (Å²) < 4.78 is 0. The van der Waals surface area contributed by atoms with Crippen LogP contribution in [0, 0.1) is 6.92 Å². The van der Waals surface area contributed by atoms with Gasteiger partial charge in [-0.3, -0.25) is 4.99 Å². The van der Waals surface area contributed by atoms with Crippen molar-refractivity contribution in [1.29, 1.82) is 0 Å². The summed E-state index contributed by atoms with van der Waals surface area (Å²) >= 11 is 0. The summed E-state index contributed by atoms with van der Waals surface area (Å²) in [5, 5.41) is 0. The Hall–Kier alpha value is -2.15. The van der Waals surface area contributed by atoms with Crippen molar-refractivity contribution < 1.29 is 0 Å². The first kappa shape index (κ1) is 13.3. The highest BCUT2D eigenvalue weighted by atomic mass is 14.7. The van der Waals surface area contributed by atoms with E-state index in [1.54, 1.807) is 0 Å². The Kier molecular flexibility index (Phi) is 4.30. The molecule has 1 nitrogen and oxygen atoms in total. The standard InChI is InChI=1S/C18H19N/c1-4-9-19-18-8-6-7-16(13-18)17-11-14(3)10-15(5-2)12-17/h4-12H,2,13H2,1,3H3/b9-4-,19-18?. The van der Waals surface area contributed by atoms with Crippen LogP contribution in [-0.4, -0.2) is 5.71 Å². The summed E-state index contributed by atoms with van der Waals surface area (Å²) in [5.41, 5.74) is 6.08. The summed E-state index contributed by atoms with van der Waals surface area (Å²) in [6.07, 6.45) is 12.8. The third-order valence-corrected chi connectivity index (χ3v) is 3.05. The van der Waals surface area contributed by atoms with Gasteiger partial charge >= 0.3 is 0 Å². The van der Waals surface area contributed by atoms with Crippen molar-refractivity contribution in [3.8, 4) is 0 Å². The summed E-state index contributed by atoms with van der Waals surface area (Å²) in [6, 6.07) is 6.54. The highest BCUT2D eigenvalue weighted by Crippen LogP contribution is 2.25. The van der Waals surface area contributed by atoms with Gasteiger partial charge in [0.1, 0.15) is 0 Å². The molecule has 0 bridgehead atoms. The lowest BCUT2D eigenvalue weighted by molar-refractivity contribution is 1.36. The molecule has 0 N–H and O–H groups in total. The quantitative estimate of drug-likeness (QED) is 0.718. The Labute approximate surface area is 115 Å². The third-order valence-electron chi connectivity index (χ3n) is 3.05. The maximum atomic E-state index is 4.43. The van der Waals surface area contributed by atoms with E-state index in [9.17, 15) is 0 Å². The van der Waals surface area contributed by atoms with E-state index in [2.05, 4.69) is 54.9 Å². The Balaban J connectivity index is 2.32. The normalized spacial score (nSPS) is 16.9. The fourth-order valence-corrected chi connectivity index (χ4v) is 2.16. The van der Waals surface area contributed by atoms with Crippen LogP contribution in [-0.2, 0) is 0 Å². The van der Waals surface area contributed by atoms with Gasteiger partial charge in [-0.25, -0.2) is 0 Å². The van der Waals surface area contributed by atoms with Crippen molar-refractivity contribution >= 4 is 17.4 Å². The Morgan fingerprint density at radius 1 is 1.26 bits per heavy atom. The van der Waals surface area contributed by atoms with E-state index in [0.29, 0.717) is 0 Å². The van der Waals surface area contributed by atoms with E-state index in [0.717, 1.165) is 17.7 Å². The number of benzene rings is 1. The van der Waals surface area contributed by atoms with Crippen LogP contribution in [0.2, 0.25) is 0 Å². The van der Waals surface area contributed by atoms with Crippen LogP contribution in [0.5, 0.6) is 0 Å². The minimum atomic E-state index is 0.876. The van der Waals surface area contributed by atoms with Crippen LogP contribution in [0.3, 0.4) is 0 Å². The summed E-state index contributed by atoms with van der Waals surface area (Å²) in [7, 11) is 0. The summed E-state index contributed by atoms with van der Waals surface area (Å²) in [6.45, 7) is 7.94. The van der Waals surface area contributed by atoms with Crippen LogP contribution >= 0.6 is 0 Å². The molecule has 1 aromatic carbocycles. The Morgan fingerprint density at radius 2 is 2.11 bits per heavy atom. The van der Waals surface area contributed by atoms with Gasteiger partial charge < -0.3 is 0 Å². The molecule has 0 atom stereocenters. The van der Waals surface area contributed by atoms with E-state index in [1.165, 1.54) is 16.7 Å². The summed E-state index contributed by atoms with van der Waals surface area (Å²) in [5.74, 6) is 0. The fourth-order valence-electron chi connectivity index (χ4n) is 2.16. The molecule has 0 aliphatic heterocycles. The fraction of sp³-hybridized carbons (Fsp3) is 0.167. The summed E-state index contributed by atoms with van der Waals surface area (Å²) in [4.78, 5) is 4.43. The molecule has 0 unspecified atom stereocenters. The molecule has 0 fully saturated rings. The number of aryl methyl sites for hydroxylation is 1. The predicted octanol–water partition coefficient (Wildman–Crippen LogP) is 4.96. The Morgan fingerprint density at radius 3 is 2.84 bits per heavy atom. The number of nitrogens with zero attached hydrogens (tertiary/aromatic N) is 1. The molecule has 0 aromatic heterocycles. The van der Waals surface area contributed by atoms with E-state index >= 15 is 0 Å². The SMILES string of the molecule is C=Cc1cc(C)cc(C2=CC=CC(=N/C=C\C)C2)c1. The zero-order valence-corrected chi connectivity index (χ0v) is 11.6. The topological polar surface area (TPSA) is 12.4 Å². The van der Waals surface area contributed by atoms with Crippen molar-refractivity contribution in [3.05, 3.63) is 72.0 Å². The monoisotopic (exact) mass is 249 g/mol. The molecular formula is C18H19N. The Bertz CT molecular complexity index is 598. The number of allylic oxidation sites excluding steroid dienone is 5. The lowest BCUT2D eigenvalue weighted by Gasteiger charge is -2.12. The lowest BCUT2D eigenvalue weighted by atomic mass is 9.93. The average molecular weight is 249 g/mol. The lowest BCUT2D eigenvalue weighted by Crippen LogP contribution is -2.00. The molecule has 1 aliphatic carbocycles. The molecule has 1 aliphatic rings. The van der Waals surface area contributed by atoms with Gasteiger partial charge in [0.25, 0.3) is 0 Å². The van der Waals surface area contributed by atoms with Gasteiger partial charge in [-0.2, -0.15) is 0 Å². The van der Waals surface area contributed by atoms with Crippen LogP contribution in [0.1, 0.15) is 30.0 Å². The average Bonchev–Trinajstić information content (AvgIpc) is 2.44. The number of aliphatic imine (C=N–C) groups is 1. The van der Waals surface area contributed by atoms with Crippen molar-refractivity contribution in [2.75, 3.05) is 0 Å². The van der Waals surface area contributed by atoms with Gasteiger partial charge in [0.2, 0.25) is 0 Å². The van der Waals surface area contributed by atoms with Gasteiger partial charge in [-0.1, -0.05) is 43.0 Å². The minimum absolute atomic E-state index is 0.876. The molecule has 1 aromatic rings. The third kappa shape index (κ3) is 3.41. The van der Waals surface area contributed by atoms with Gasteiger partial charge in [0.05, 0.1) is 0 Å². The first-order chi connectivity index (χ1) is 9.22. The van der Waals surface area contributed by atoms with Crippen LogP contribution in [0.15, 0.2) is 60.3 Å². The molecule has 1 heteroatoms. The minimum Gasteiger partial charge on any atom is -0.261 e. The maximum absolute atomic E-state index is 4.43. The van der Waals surface area contributed by atoms with E-state index < -0.39 is 0 Å². The second kappa shape index (κ2) is 6.14. The molecule has 0 saturated carbocycles. The maximum Gasteiger partial charge on any atom is 0.0447 e. The molecular weight excluding hydrogens is 230 g/mol. The first-order valence-electron chi connectivity index (χ1n) is 6.52. The second-order valence-corrected chi connectivity index (χ2v) is 4.67. The van der Waals surface area contributed by atoms with Crippen molar-refractivity contribution in [2.45, 2.75) is 20.3 Å². The molecule has 19 heavy (non-hydrogen) atoms. The highest BCUT2D eigenvalue weighted by Gasteiger charge is 2.08. The van der Waals surface area contributed by atoms with Crippen LogP contribution < -0.4 is 0 Å². The molecule has 0 radical (unpaired) electrons. The smallest absolute Gasteiger partial charge is 0.0447 e. The molecule has 2 rings (SSSR count).